The Bertz CT molecular complexity index is 1250. The Morgan fingerprint density at radius 2 is 1.77 bits per heavy atom. The molecule has 7 heteroatoms. The van der Waals surface area contributed by atoms with Gasteiger partial charge in [-0.2, -0.15) is 0 Å². The lowest BCUT2D eigenvalue weighted by Crippen LogP contribution is -2.05. The van der Waals surface area contributed by atoms with E-state index in [4.69, 9.17) is 4.42 Å². The Morgan fingerprint density at radius 3 is 2.48 bits per heavy atom. The van der Waals surface area contributed by atoms with Gasteiger partial charge < -0.3 is 24.8 Å². The van der Waals surface area contributed by atoms with Gasteiger partial charge in [-0.3, -0.25) is 4.79 Å². The van der Waals surface area contributed by atoms with Crippen molar-refractivity contribution in [3.63, 3.8) is 0 Å². The number of benzene rings is 2. The van der Waals surface area contributed by atoms with Gasteiger partial charge in [-0.15, -0.1) is 0 Å². The molecule has 2 aromatic carbocycles. The molecule has 0 aliphatic rings. The van der Waals surface area contributed by atoms with Gasteiger partial charge in [0.05, 0.1) is 5.56 Å². The van der Waals surface area contributed by atoms with Crippen LogP contribution in [0.3, 0.4) is 0 Å². The molecule has 0 saturated carbocycles. The zero-order valence-electron chi connectivity index (χ0n) is 17.1. The highest BCUT2D eigenvalue weighted by molar-refractivity contribution is 14.1. The number of allylic oxidation sites excluding steroid dienone is 4. The standard InChI is InChI=1S/C24H23IO6/c1-13(4-3-5-14(2)25)6-7-17-19(27)9-8-16(23(17)29)18-12-31-21-11-15(26)10-20(28)22(21)24(18)30/h5-6,8-12,26-29H,3-4,7H2,1-2H3/b13-6+,14-5+. The van der Waals surface area contributed by atoms with Crippen molar-refractivity contribution in [3.05, 3.63) is 67.6 Å². The predicted molar refractivity (Wildman–Crippen MR) is 129 cm³/mol. The molecule has 0 atom stereocenters. The molecule has 0 aliphatic heterocycles. The minimum absolute atomic E-state index is 0.0269. The number of phenolic OH excluding ortho intramolecular Hbond substituents is 4. The predicted octanol–water partition coefficient (Wildman–Crippen LogP) is 5.89. The number of halogens is 1. The van der Waals surface area contributed by atoms with Crippen LogP contribution in [0.2, 0.25) is 0 Å². The molecule has 0 unspecified atom stereocenters. The van der Waals surface area contributed by atoms with Crippen LogP contribution in [0.25, 0.3) is 22.1 Å². The number of rotatable bonds is 6. The average Bonchev–Trinajstić information content (AvgIpc) is 2.68. The van der Waals surface area contributed by atoms with E-state index >= 15 is 0 Å². The second-order valence-electron chi connectivity index (χ2n) is 7.36. The lowest BCUT2D eigenvalue weighted by Gasteiger charge is -2.11. The van der Waals surface area contributed by atoms with Crippen molar-refractivity contribution in [1.82, 2.24) is 0 Å². The molecule has 0 fully saturated rings. The Hall–Kier alpha value is -2.94. The molecule has 0 amide bonds. The second kappa shape index (κ2) is 9.47. The molecule has 3 aromatic rings. The lowest BCUT2D eigenvalue weighted by molar-refractivity contribution is 0.441. The minimum Gasteiger partial charge on any atom is -0.508 e. The normalized spacial score (nSPS) is 12.5. The first kappa shape index (κ1) is 22.7. The fourth-order valence-corrected chi connectivity index (χ4v) is 3.64. The summed E-state index contributed by atoms with van der Waals surface area (Å²) in [5.74, 6) is -0.955. The highest BCUT2D eigenvalue weighted by atomic mass is 127. The van der Waals surface area contributed by atoms with Gasteiger partial charge in [0, 0.05) is 23.3 Å². The van der Waals surface area contributed by atoms with Gasteiger partial charge in [-0.1, -0.05) is 17.7 Å². The van der Waals surface area contributed by atoms with Gasteiger partial charge in [0.2, 0.25) is 5.43 Å². The van der Waals surface area contributed by atoms with Crippen LogP contribution < -0.4 is 5.43 Å². The van der Waals surface area contributed by atoms with Crippen LogP contribution in [0.5, 0.6) is 23.0 Å². The quantitative estimate of drug-likeness (QED) is 0.232. The van der Waals surface area contributed by atoms with Crippen LogP contribution in [-0.4, -0.2) is 20.4 Å². The van der Waals surface area contributed by atoms with E-state index in [-0.39, 0.29) is 39.3 Å². The third-order valence-electron chi connectivity index (χ3n) is 5.01. The zero-order chi connectivity index (χ0) is 22.7. The van der Waals surface area contributed by atoms with E-state index in [1.165, 1.54) is 28.0 Å². The maximum Gasteiger partial charge on any atom is 0.204 e. The SMILES string of the molecule is C/C(I)=C\CC/C(C)=C/Cc1c(O)ccc(-c2coc3cc(O)cc(O)c3c2=O)c1O. The summed E-state index contributed by atoms with van der Waals surface area (Å²) in [6.07, 6.45) is 7.31. The Kier molecular flexibility index (Phi) is 6.94. The Morgan fingerprint density at radius 1 is 1.03 bits per heavy atom. The molecular weight excluding hydrogens is 511 g/mol. The van der Waals surface area contributed by atoms with E-state index in [1.54, 1.807) is 0 Å². The topological polar surface area (TPSA) is 111 Å². The molecule has 1 aromatic heterocycles. The summed E-state index contributed by atoms with van der Waals surface area (Å²) in [6.45, 7) is 4.03. The van der Waals surface area contributed by atoms with Crippen molar-refractivity contribution in [2.45, 2.75) is 33.1 Å². The second-order valence-corrected chi connectivity index (χ2v) is 9.06. The summed E-state index contributed by atoms with van der Waals surface area (Å²) >= 11 is 2.26. The van der Waals surface area contributed by atoms with E-state index in [9.17, 15) is 25.2 Å². The molecule has 1 heterocycles. The molecule has 0 spiro atoms. The maximum absolute atomic E-state index is 13.0. The van der Waals surface area contributed by atoms with E-state index in [0.29, 0.717) is 12.0 Å². The minimum atomic E-state index is -0.557. The van der Waals surface area contributed by atoms with Gasteiger partial charge in [0.25, 0.3) is 0 Å². The highest BCUT2D eigenvalue weighted by Crippen LogP contribution is 2.38. The van der Waals surface area contributed by atoms with E-state index in [0.717, 1.165) is 24.5 Å². The van der Waals surface area contributed by atoms with Crippen LogP contribution in [0.1, 0.15) is 32.3 Å². The molecule has 3 rings (SSSR count). The molecule has 0 bridgehead atoms. The Labute approximate surface area is 192 Å². The van der Waals surface area contributed by atoms with Crippen LogP contribution in [-0.2, 0) is 6.42 Å². The van der Waals surface area contributed by atoms with Crippen LogP contribution >= 0.6 is 22.6 Å². The zero-order valence-corrected chi connectivity index (χ0v) is 19.3. The monoisotopic (exact) mass is 534 g/mol. The van der Waals surface area contributed by atoms with Crippen molar-refractivity contribution >= 4 is 33.6 Å². The van der Waals surface area contributed by atoms with Gasteiger partial charge >= 0.3 is 0 Å². The number of fused-ring (bicyclic) bond motifs is 1. The first-order valence-electron chi connectivity index (χ1n) is 9.68. The summed E-state index contributed by atoms with van der Waals surface area (Å²) < 4.78 is 6.64. The van der Waals surface area contributed by atoms with Crippen molar-refractivity contribution in [1.29, 1.82) is 0 Å². The molecule has 6 nitrogen and oxygen atoms in total. The number of phenols is 4. The van der Waals surface area contributed by atoms with Crippen LogP contribution in [0.4, 0.5) is 0 Å². The molecule has 0 aliphatic carbocycles. The summed E-state index contributed by atoms with van der Waals surface area (Å²) in [7, 11) is 0. The number of hydrogen-bond donors (Lipinski definition) is 4. The van der Waals surface area contributed by atoms with E-state index in [2.05, 4.69) is 28.7 Å². The molecule has 31 heavy (non-hydrogen) atoms. The molecule has 162 valence electrons. The van der Waals surface area contributed by atoms with E-state index < -0.39 is 11.2 Å². The fourth-order valence-electron chi connectivity index (χ4n) is 3.33. The first-order chi connectivity index (χ1) is 14.7. The molecular formula is C24H23IO6. The number of hydrogen-bond acceptors (Lipinski definition) is 6. The van der Waals surface area contributed by atoms with Gasteiger partial charge in [-0.25, -0.2) is 0 Å². The van der Waals surface area contributed by atoms with E-state index in [1.807, 2.05) is 19.9 Å². The third kappa shape index (κ3) is 5.04. The van der Waals surface area contributed by atoms with Gasteiger partial charge in [-0.05, 0) is 71.4 Å². The summed E-state index contributed by atoms with van der Waals surface area (Å²) in [6, 6.07) is 5.11. The summed E-state index contributed by atoms with van der Waals surface area (Å²) in [4.78, 5) is 13.0. The van der Waals surface area contributed by atoms with Gasteiger partial charge in [0.1, 0.15) is 40.2 Å². The molecule has 0 saturated heterocycles. The summed E-state index contributed by atoms with van der Waals surface area (Å²) in [5, 5.41) is 40.7. The largest absolute Gasteiger partial charge is 0.508 e. The van der Waals surface area contributed by atoms with Gasteiger partial charge in [0.15, 0.2) is 0 Å². The Balaban J connectivity index is 2.00. The van der Waals surface area contributed by atoms with Crippen LogP contribution in [0.15, 0.2) is 61.0 Å². The first-order valence-corrected chi connectivity index (χ1v) is 10.8. The average molecular weight is 534 g/mol. The van der Waals surface area contributed by atoms with Crippen molar-refractivity contribution < 1.29 is 24.8 Å². The highest BCUT2D eigenvalue weighted by Gasteiger charge is 2.19. The van der Waals surface area contributed by atoms with Crippen molar-refractivity contribution in [2.75, 3.05) is 0 Å². The fraction of sp³-hybridized carbons (Fsp3) is 0.208. The third-order valence-corrected chi connectivity index (χ3v) is 5.45. The molecule has 4 N–H and O–H groups in total. The summed E-state index contributed by atoms with van der Waals surface area (Å²) in [5.41, 5.74) is 1.11. The maximum atomic E-state index is 13.0. The van der Waals surface area contributed by atoms with Crippen LogP contribution in [0, 0.1) is 0 Å². The lowest BCUT2D eigenvalue weighted by atomic mass is 9.98. The van der Waals surface area contributed by atoms with Crippen molar-refractivity contribution in [3.8, 4) is 34.1 Å². The molecule has 0 radical (unpaired) electrons. The smallest absolute Gasteiger partial charge is 0.204 e. The van der Waals surface area contributed by atoms with Crippen molar-refractivity contribution in [2.24, 2.45) is 0 Å². The number of aromatic hydroxyl groups is 4.